The summed E-state index contributed by atoms with van der Waals surface area (Å²) >= 11 is 3.24. The van der Waals surface area contributed by atoms with E-state index in [2.05, 4.69) is 39.4 Å². The molecule has 0 fully saturated rings. The molecule has 0 saturated carbocycles. The van der Waals surface area contributed by atoms with E-state index in [1.54, 1.807) is 23.1 Å². The fourth-order valence-corrected chi connectivity index (χ4v) is 2.85. The third kappa shape index (κ3) is 4.86. The minimum Gasteiger partial charge on any atom is -0.370 e. The van der Waals surface area contributed by atoms with Crippen LogP contribution in [0.2, 0.25) is 0 Å². The van der Waals surface area contributed by atoms with Crippen LogP contribution in [0.1, 0.15) is 31.2 Å². The van der Waals surface area contributed by atoms with Crippen LogP contribution >= 0.6 is 23.1 Å². The topological polar surface area (TPSA) is 62.7 Å². The molecule has 5 nitrogen and oxygen atoms in total. The predicted molar refractivity (Wildman–Crippen MR) is 91.6 cm³/mol. The number of thiazole rings is 1. The van der Waals surface area contributed by atoms with Gasteiger partial charge in [0.05, 0.1) is 5.01 Å². The molecule has 7 heteroatoms. The van der Waals surface area contributed by atoms with E-state index in [1.165, 1.54) is 0 Å². The minimum absolute atomic E-state index is 0.366. The Morgan fingerprint density at radius 1 is 1.29 bits per heavy atom. The lowest BCUT2D eigenvalue weighted by molar-refractivity contribution is 0.788. The molecular weight excluding hydrogens is 302 g/mol. The van der Waals surface area contributed by atoms with E-state index in [9.17, 15) is 0 Å². The van der Waals surface area contributed by atoms with Crippen LogP contribution in [0.25, 0.3) is 0 Å². The molecule has 0 bridgehead atoms. The summed E-state index contributed by atoms with van der Waals surface area (Å²) in [5.41, 5.74) is 0. The van der Waals surface area contributed by atoms with E-state index in [0.29, 0.717) is 5.92 Å². The Labute approximate surface area is 134 Å². The summed E-state index contributed by atoms with van der Waals surface area (Å²) in [6.07, 6.45) is 4.91. The van der Waals surface area contributed by atoms with Crippen LogP contribution in [-0.2, 0) is 0 Å². The van der Waals surface area contributed by atoms with Gasteiger partial charge in [-0.05, 0) is 12.7 Å². The lowest BCUT2D eigenvalue weighted by atomic mass is 10.2. The number of hydrogen-bond acceptors (Lipinski definition) is 7. The number of hydrogen-bond donors (Lipinski definition) is 2. The molecule has 0 aromatic carbocycles. The number of nitrogens with zero attached hydrogens (tertiary/aromatic N) is 3. The Hall–Kier alpha value is -1.34. The fraction of sp³-hybridized carbons (Fsp3) is 0.500. The van der Waals surface area contributed by atoms with Gasteiger partial charge >= 0.3 is 0 Å². The lowest BCUT2D eigenvalue weighted by Crippen LogP contribution is -2.12. The van der Waals surface area contributed by atoms with Gasteiger partial charge in [-0.1, -0.05) is 25.6 Å². The molecule has 1 atom stereocenters. The monoisotopic (exact) mass is 323 g/mol. The van der Waals surface area contributed by atoms with Crippen molar-refractivity contribution in [1.82, 2.24) is 15.0 Å². The molecule has 0 aliphatic heterocycles. The van der Waals surface area contributed by atoms with Crippen LogP contribution in [0.5, 0.6) is 0 Å². The highest BCUT2D eigenvalue weighted by Gasteiger charge is 2.09. The fourth-order valence-electron chi connectivity index (χ4n) is 1.77. The zero-order valence-electron chi connectivity index (χ0n) is 12.6. The van der Waals surface area contributed by atoms with Crippen LogP contribution < -0.4 is 10.6 Å². The highest BCUT2D eigenvalue weighted by Crippen LogP contribution is 2.20. The Bertz CT molecular complexity index is 544. The van der Waals surface area contributed by atoms with Gasteiger partial charge in [-0.15, -0.1) is 11.3 Å². The number of anilines is 2. The van der Waals surface area contributed by atoms with Crippen molar-refractivity contribution in [3.8, 4) is 0 Å². The standard InChI is InChI=1S/C14H21N5S2/c1-4-5-15-11-8-12(19-14(18-11)20-3)17-9-10(2)13-16-6-7-21-13/h6-8,10H,4-5,9H2,1-3H3,(H2,15,17,18,19). The largest absolute Gasteiger partial charge is 0.370 e. The van der Waals surface area contributed by atoms with E-state index in [4.69, 9.17) is 0 Å². The Morgan fingerprint density at radius 2 is 2.05 bits per heavy atom. The minimum atomic E-state index is 0.366. The van der Waals surface area contributed by atoms with Gasteiger partial charge in [0, 0.05) is 36.7 Å². The van der Waals surface area contributed by atoms with Gasteiger partial charge in [0.25, 0.3) is 0 Å². The van der Waals surface area contributed by atoms with Crippen molar-refractivity contribution >= 4 is 34.7 Å². The molecule has 2 N–H and O–H groups in total. The summed E-state index contributed by atoms with van der Waals surface area (Å²) in [6, 6.07) is 1.96. The molecule has 21 heavy (non-hydrogen) atoms. The van der Waals surface area contributed by atoms with E-state index in [1.807, 2.05) is 23.9 Å². The summed E-state index contributed by atoms with van der Waals surface area (Å²) in [7, 11) is 0. The zero-order chi connectivity index (χ0) is 15.1. The van der Waals surface area contributed by atoms with Crippen LogP contribution in [0.4, 0.5) is 11.6 Å². The highest BCUT2D eigenvalue weighted by atomic mass is 32.2. The van der Waals surface area contributed by atoms with Crippen molar-refractivity contribution in [3.05, 3.63) is 22.7 Å². The van der Waals surface area contributed by atoms with E-state index in [0.717, 1.165) is 41.3 Å². The summed E-state index contributed by atoms with van der Waals surface area (Å²) < 4.78 is 0. The number of rotatable bonds is 8. The molecule has 0 spiro atoms. The Balaban J connectivity index is 2.01. The molecule has 1 unspecified atom stereocenters. The molecule has 2 aromatic rings. The molecule has 0 aliphatic rings. The molecule has 0 amide bonds. The average molecular weight is 323 g/mol. The van der Waals surface area contributed by atoms with Crippen LogP contribution in [0.15, 0.2) is 22.8 Å². The maximum absolute atomic E-state index is 4.50. The quantitative estimate of drug-likeness (QED) is 0.570. The van der Waals surface area contributed by atoms with Crippen molar-refractivity contribution in [1.29, 1.82) is 0 Å². The molecule has 2 aromatic heterocycles. The summed E-state index contributed by atoms with van der Waals surface area (Å²) in [5.74, 6) is 2.10. The first-order valence-corrected chi connectivity index (χ1v) is 9.13. The molecule has 0 radical (unpaired) electrons. The molecule has 0 saturated heterocycles. The van der Waals surface area contributed by atoms with Crippen LogP contribution in [0, 0.1) is 0 Å². The lowest BCUT2D eigenvalue weighted by Gasteiger charge is -2.13. The van der Waals surface area contributed by atoms with Gasteiger partial charge < -0.3 is 10.6 Å². The second kappa shape index (κ2) is 8.19. The molecular formula is C14H21N5S2. The number of aromatic nitrogens is 3. The smallest absolute Gasteiger partial charge is 0.191 e. The van der Waals surface area contributed by atoms with E-state index >= 15 is 0 Å². The van der Waals surface area contributed by atoms with Gasteiger partial charge in [0.15, 0.2) is 5.16 Å². The van der Waals surface area contributed by atoms with Crippen molar-refractivity contribution in [2.45, 2.75) is 31.3 Å². The maximum atomic E-state index is 4.50. The first kappa shape index (κ1) is 16.0. The summed E-state index contributed by atoms with van der Waals surface area (Å²) in [4.78, 5) is 13.3. The van der Waals surface area contributed by atoms with Crippen molar-refractivity contribution in [2.24, 2.45) is 0 Å². The third-order valence-electron chi connectivity index (χ3n) is 2.91. The Morgan fingerprint density at radius 3 is 2.67 bits per heavy atom. The van der Waals surface area contributed by atoms with E-state index in [-0.39, 0.29) is 0 Å². The molecule has 114 valence electrons. The highest BCUT2D eigenvalue weighted by molar-refractivity contribution is 7.98. The van der Waals surface area contributed by atoms with Crippen molar-refractivity contribution in [3.63, 3.8) is 0 Å². The molecule has 0 aliphatic carbocycles. The van der Waals surface area contributed by atoms with Crippen molar-refractivity contribution < 1.29 is 0 Å². The Kier molecular flexibility index (Phi) is 6.25. The number of nitrogens with one attached hydrogen (secondary N) is 2. The van der Waals surface area contributed by atoms with Gasteiger partial charge in [0.2, 0.25) is 0 Å². The van der Waals surface area contributed by atoms with Crippen LogP contribution in [0.3, 0.4) is 0 Å². The maximum Gasteiger partial charge on any atom is 0.191 e. The zero-order valence-corrected chi connectivity index (χ0v) is 14.2. The van der Waals surface area contributed by atoms with Gasteiger partial charge in [-0.2, -0.15) is 0 Å². The van der Waals surface area contributed by atoms with Gasteiger partial charge in [-0.25, -0.2) is 15.0 Å². The summed E-state index contributed by atoms with van der Waals surface area (Å²) in [6.45, 7) is 6.03. The number of thioether (sulfide) groups is 1. The average Bonchev–Trinajstić information content (AvgIpc) is 3.04. The molecule has 2 heterocycles. The second-order valence-electron chi connectivity index (χ2n) is 4.70. The first-order valence-electron chi connectivity index (χ1n) is 7.03. The molecule has 2 rings (SSSR count). The van der Waals surface area contributed by atoms with E-state index < -0.39 is 0 Å². The first-order chi connectivity index (χ1) is 10.2. The summed E-state index contributed by atoms with van der Waals surface area (Å²) in [5, 5.41) is 10.6. The van der Waals surface area contributed by atoms with Crippen LogP contribution in [-0.4, -0.2) is 34.3 Å². The second-order valence-corrected chi connectivity index (χ2v) is 6.40. The SMILES string of the molecule is CCCNc1cc(NCC(C)c2nccs2)nc(SC)n1. The predicted octanol–water partition coefficient (Wildman–Crippen LogP) is 3.69. The third-order valence-corrected chi connectivity index (χ3v) is 4.46. The van der Waals surface area contributed by atoms with Gasteiger partial charge in [-0.3, -0.25) is 0 Å². The van der Waals surface area contributed by atoms with Crippen molar-refractivity contribution in [2.75, 3.05) is 30.0 Å². The van der Waals surface area contributed by atoms with Gasteiger partial charge in [0.1, 0.15) is 11.6 Å². The normalized spacial score (nSPS) is 12.1.